The molecule has 0 amide bonds. The number of para-hydroxylation sites is 2. The number of aromatic nitrogens is 7. The van der Waals surface area contributed by atoms with E-state index >= 15 is 0 Å². The Morgan fingerprint density at radius 1 is 0.545 bits per heavy atom. The molecule has 2 saturated carbocycles. The molecule has 0 unspecified atom stereocenters. The Hall–Kier alpha value is -7.10. The Morgan fingerprint density at radius 2 is 1.06 bits per heavy atom. The van der Waals surface area contributed by atoms with Gasteiger partial charge in [-0.3, -0.25) is 4.57 Å². The maximum atomic E-state index is 14.2. The van der Waals surface area contributed by atoms with E-state index in [1.807, 2.05) is 41.1 Å². The first-order chi connectivity index (χ1) is 32.4. The van der Waals surface area contributed by atoms with Crippen LogP contribution in [0.4, 0.5) is 55.6 Å². The number of benzene rings is 4. The van der Waals surface area contributed by atoms with Crippen molar-refractivity contribution in [3.05, 3.63) is 114 Å². The van der Waals surface area contributed by atoms with E-state index in [-0.39, 0.29) is 11.5 Å². The monoisotopic (exact) mass is 894 g/mol. The van der Waals surface area contributed by atoms with Gasteiger partial charge in [0.05, 0.1) is 19.7 Å². The lowest BCUT2D eigenvalue weighted by Gasteiger charge is -2.21. The minimum Gasteiger partial charge on any atom is -0.494 e. The second-order valence-electron chi connectivity index (χ2n) is 17.0. The maximum absolute atomic E-state index is 14.2. The van der Waals surface area contributed by atoms with Gasteiger partial charge in [-0.25, -0.2) is 8.78 Å². The first-order valence-electron chi connectivity index (χ1n) is 23.1. The topological polar surface area (TPSA) is 152 Å². The van der Waals surface area contributed by atoms with Crippen LogP contribution >= 0.6 is 0 Å². The third-order valence-electron chi connectivity index (χ3n) is 12.4. The lowest BCUT2D eigenvalue weighted by Crippen LogP contribution is -2.23. The second-order valence-corrected chi connectivity index (χ2v) is 17.0. The van der Waals surface area contributed by atoms with Gasteiger partial charge >= 0.3 is 0 Å². The molecule has 0 saturated heterocycles. The van der Waals surface area contributed by atoms with Crippen molar-refractivity contribution >= 4 is 57.7 Å². The highest BCUT2D eigenvalue weighted by atomic mass is 19.1. The fourth-order valence-corrected chi connectivity index (χ4v) is 8.96. The fraction of sp³-hybridized carbons (Fsp3) is 0.360. The van der Waals surface area contributed by atoms with Crippen molar-refractivity contribution in [3.8, 4) is 17.4 Å². The average Bonchev–Trinajstić information content (AvgIpc) is 3.76. The van der Waals surface area contributed by atoms with Gasteiger partial charge in [-0.2, -0.15) is 29.9 Å². The number of ether oxygens (including phenoxy) is 2. The van der Waals surface area contributed by atoms with Crippen molar-refractivity contribution in [2.24, 2.45) is 0 Å². The number of nitrogens with one attached hydrogen (secondary N) is 4. The predicted molar refractivity (Wildman–Crippen MR) is 256 cm³/mol. The van der Waals surface area contributed by atoms with E-state index in [2.05, 4.69) is 65.4 Å². The van der Waals surface area contributed by atoms with E-state index in [0.29, 0.717) is 59.1 Å². The minimum absolute atomic E-state index is 0.186. The number of fused-ring (bicyclic) bond motifs is 2. The summed E-state index contributed by atoms with van der Waals surface area (Å²) in [6, 6.07) is 28.5. The summed E-state index contributed by atoms with van der Waals surface area (Å²) in [6.07, 6.45) is 17.2. The first-order valence-corrected chi connectivity index (χ1v) is 23.1. The highest BCUT2D eigenvalue weighted by molar-refractivity contribution is 5.81. The third-order valence-corrected chi connectivity index (χ3v) is 12.4. The summed E-state index contributed by atoms with van der Waals surface area (Å²) in [5.41, 5.74) is 4.48. The zero-order valence-corrected chi connectivity index (χ0v) is 37.4. The van der Waals surface area contributed by atoms with Crippen LogP contribution < -0.4 is 35.6 Å². The highest BCUT2D eigenvalue weighted by Gasteiger charge is 2.25. The minimum atomic E-state index is -0.454. The van der Waals surface area contributed by atoms with Gasteiger partial charge < -0.3 is 35.6 Å². The van der Waals surface area contributed by atoms with Crippen molar-refractivity contribution in [1.82, 2.24) is 34.5 Å². The Kier molecular flexibility index (Phi) is 13.9. The number of anilines is 8. The summed E-state index contributed by atoms with van der Waals surface area (Å²) < 4.78 is 40.4. The van der Waals surface area contributed by atoms with Gasteiger partial charge in [-0.05, 0) is 80.1 Å². The summed E-state index contributed by atoms with van der Waals surface area (Å²) in [7, 11) is 2.89. The molecule has 4 heterocycles. The molecule has 3 aliphatic rings. The molecule has 16 heteroatoms. The molecule has 0 spiro atoms. The molecule has 0 bridgehead atoms. The Morgan fingerprint density at radius 3 is 1.64 bits per heavy atom. The molecule has 14 nitrogen and oxygen atoms in total. The highest BCUT2D eigenvalue weighted by Crippen LogP contribution is 2.34. The van der Waals surface area contributed by atoms with Gasteiger partial charge in [-0.15, -0.1) is 0 Å². The van der Waals surface area contributed by atoms with Crippen LogP contribution in [0.15, 0.2) is 97.2 Å². The summed E-state index contributed by atoms with van der Waals surface area (Å²) in [4.78, 5) is 30.2. The molecule has 3 aromatic heterocycles. The lowest BCUT2D eigenvalue weighted by molar-refractivity contribution is 0.386. The second kappa shape index (κ2) is 20.8. The molecule has 7 aromatic rings. The molecule has 2 fully saturated rings. The molecule has 4 N–H and O–H groups in total. The van der Waals surface area contributed by atoms with Crippen LogP contribution in [0.5, 0.6) is 11.5 Å². The maximum Gasteiger partial charge on any atom is 0.240 e. The number of nitrogens with zero attached hydrogens (tertiary/aromatic N) is 8. The zero-order valence-electron chi connectivity index (χ0n) is 37.4. The normalized spacial score (nSPS) is 15.5. The van der Waals surface area contributed by atoms with Crippen LogP contribution in [0.25, 0.3) is 16.9 Å². The summed E-state index contributed by atoms with van der Waals surface area (Å²) in [5, 5.41) is 14.4. The van der Waals surface area contributed by atoms with E-state index in [0.717, 1.165) is 55.2 Å². The van der Waals surface area contributed by atoms with Crippen LogP contribution in [-0.4, -0.2) is 67.3 Å². The van der Waals surface area contributed by atoms with E-state index in [4.69, 9.17) is 24.4 Å². The van der Waals surface area contributed by atoms with Gasteiger partial charge in [0.15, 0.2) is 23.1 Å². The van der Waals surface area contributed by atoms with Crippen LogP contribution in [-0.2, 0) is 6.42 Å². The van der Waals surface area contributed by atoms with Crippen LogP contribution in [0.2, 0.25) is 0 Å². The molecular formula is C50H56F2N12O2. The molecule has 2 aliphatic carbocycles. The molecule has 4 aromatic carbocycles. The predicted octanol–water partition coefficient (Wildman–Crippen LogP) is 11.4. The van der Waals surface area contributed by atoms with Crippen LogP contribution in [0.1, 0.15) is 82.6 Å². The summed E-state index contributed by atoms with van der Waals surface area (Å²) in [5.74, 6) is 2.36. The SMILES string of the molecule is COc1ccc(Nc2nc(NC3CCCCCC3)nc(-n3ccc4ccccc43)n2)cc1F.COc1ccc(Nc2nc(NC3CCCCCC3)nc(N3CCc4ccccc43)n2)cc1F. The standard InChI is InChI=1S/C25H29FN6O.C25H27FN6O/c2*1-33-22-13-12-19(16-20(22)26)28-24-29-23(27-18-9-4-2-3-5-10-18)30-25(31-24)32-15-14-17-8-6-7-11-21(17)32/h6-8,11-13,16,18H,2-5,9-10,14-15H2,1H3,(H2,27,28,29,30,31);6-8,11-16,18H,2-5,9-10H2,1H3,(H2,27,28,29,30,31). The molecule has 1 aliphatic heterocycles. The summed E-state index contributed by atoms with van der Waals surface area (Å²) in [6.45, 7) is 0.808. The van der Waals surface area contributed by atoms with Crippen LogP contribution in [0, 0.1) is 11.6 Å². The Bertz CT molecular complexity index is 2740. The average molecular weight is 895 g/mol. The Labute approximate surface area is 383 Å². The smallest absolute Gasteiger partial charge is 0.240 e. The molecule has 342 valence electrons. The fourth-order valence-electron chi connectivity index (χ4n) is 8.96. The van der Waals surface area contributed by atoms with Gasteiger partial charge in [0.25, 0.3) is 0 Å². The molecule has 66 heavy (non-hydrogen) atoms. The number of hydrogen-bond donors (Lipinski definition) is 4. The van der Waals surface area contributed by atoms with E-state index in [9.17, 15) is 8.78 Å². The molecule has 0 atom stereocenters. The number of rotatable bonds is 12. The van der Waals surface area contributed by atoms with Gasteiger partial charge in [-0.1, -0.05) is 87.8 Å². The number of halogens is 2. The van der Waals surface area contributed by atoms with E-state index in [1.54, 1.807) is 24.3 Å². The largest absolute Gasteiger partial charge is 0.494 e. The Balaban J connectivity index is 0.000000166. The third kappa shape index (κ3) is 10.7. The first kappa shape index (κ1) is 44.1. The number of hydrogen-bond acceptors (Lipinski definition) is 13. The molecule has 0 radical (unpaired) electrons. The quantitative estimate of drug-likeness (QED) is 0.0862. The molecular weight excluding hydrogens is 839 g/mol. The summed E-state index contributed by atoms with van der Waals surface area (Å²) >= 11 is 0. The van der Waals surface area contributed by atoms with Crippen molar-refractivity contribution in [2.45, 2.75) is 95.6 Å². The van der Waals surface area contributed by atoms with Gasteiger partial charge in [0, 0.05) is 59.4 Å². The lowest BCUT2D eigenvalue weighted by atomic mass is 10.1. The van der Waals surface area contributed by atoms with Crippen molar-refractivity contribution < 1.29 is 18.3 Å². The van der Waals surface area contributed by atoms with Crippen LogP contribution in [0.3, 0.4) is 0 Å². The number of methoxy groups -OCH3 is 2. The van der Waals surface area contributed by atoms with E-state index in [1.165, 1.54) is 83.3 Å². The van der Waals surface area contributed by atoms with Gasteiger partial charge in [0.1, 0.15) is 0 Å². The molecule has 10 rings (SSSR count). The van der Waals surface area contributed by atoms with Gasteiger partial charge in [0.2, 0.25) is 35.7 Å². The van der Waals surface area contributed by atoms with Crippen molar-refractivity contribution in [2.75, 3.05) is 46.9 Å². The zero-order chi connectivity index (χ0) is 45.2. The van der Waals surface area contributed by atoms with Crippen molar-refractivity contribution in [3.63, 3.8) is 0 Å². The van der Waals surface area contributed by atoms with E-state index < -0.39 is 11.6 Å². The van der Waals surface area contributed by atoms with Crippen molar-refractivity contribution in [1.29, 1.82) is 0 Å².